The fraction of sp³-hybridized carbons (Fsp3) is 0.625. The third-order valence-corrected chi connectivity index (χ3v) is 7.74. The van der Waals surface area contributed by atoms with Gasteiger partial charge in [-0.3, -0.25) is 19.3 Å². The van der Waals surface area contributed by atoms with Gasteiger partial charge in [-0.1, -0.05) is 18.6 Å². The lowest BCUT2D eigenvalue weighted by atomic mass is 9.95. The summed E-state index contributed by atoms with van der Waals surface area (Å²) >= 11 is 0. The van der Waals surface area contributed by atoms with Gasteiger partial charge in [0.25, 0.3) is 5.91 Å². The second-order valence-corrected chi connectivity index (χ2v) is 9.69. The van der Waals surface area contributed by atoms with Gasteiger partial charge in [0.15, 0.2) is 0 Å². The van der Waals surface area contributed by atoms with Crippen LogP contribution in [0.4, 0.5) is 5.69 Å². The van der Waals surface area contributed by atoms with E-state index < -0.39 is 11.7 Å². The van der Waals surface area contributed by atoms with Crippen molar-refractivity contribution in [3.63, 3.8) is 0 Å². The summed E-state index contributed by atoms with van der Waals surface area (Å²) in [6.45, 7) is 5.86. The summed E-state index contributed by atoms with van der Waals surface area (Å²) in [6.07, 6.45) is 4.99. The average molecular weight is 440 g/mol. The minimum Gasteiger partial charge on any atom is -0.362 e. The van der Waals surface area contributed by atoms with E-state index in [-0.39, 0.29) is 17.7 Å². The summed E-state index contributed by atoms with van der Waals surface area (Å²) in [6, 6.07) is 7.41. The molecule has 8 nitrogen and oxygen atoms in total. The molecule has 3 fully saturated rings. The Morgan fingerprint density at radius 3 is 2.78 bits per heavy atom. The molecule has 0 bridgehead atoms. The van der Waals surface area contributed by atoms with Crippen LogP contribution in [-0.4, -0.2) is 82.9 Å². The lowest BCUT2D eigenvalue weighted by Gasteiger charge is -2.45. The van der Waals surface area contributed by atoms with Crippen LogP contribution in [0.2, 0.25) is 0 Å². The fourth-order valence-corrected chi connectivity index (χ4v) is 5.80. The van der Waals surface area contributed by atoms with Gasteiger partial charge >= 0.3 is 0 Å². The number of hydrogen-bond donors (Lipinski definition) is 2. The van der Waals surface area contributed by atoms with Gasteiger partial charge < -0.3 is 20.4 Å². The van der Waals surface area contributed by atoms with Crippen LogP contribution in [-0.2, 0) is 9.59 Å². The Kier molecular flexibility index (Phi) is 5.57. The number of nitrogens with zero attached hydrogens (tertiary/aromatic N) is 3. The molecule has 0 saturated carbocycles. The Labute approximate surface area is 189 Å². The van der Waals surface area contributed by atoms with E-state index in [0.717, 1.165) is 38.3 Å². The number of amides is 3. The van der Waals surface area contributed by atoms with Crippen LogP contribution < -0.4 is 10.6 Å². The number of fused-ring (bicyclic) bond motifs is 2. The van der Waals surface area contributed by atoms with Gasteiger partial charge in [0.2, 0.25) is 11.8 Å². The lowest BCUT2D eigenvalue weighted by molar-refractivity contribution is -0.147. The molecular formula is C24H33N5O3. The SMILES string of the molecule is CC(C(=O)N1CCN2CCCCC2C1)N1CCC2(CCC1=O)NC(=O)c1ccccc1N2. The third kappa shape index (κ3) is 3.85. The molecule has 4 aliphatic heterocycles. The number of likely N-dealkylation sites (tertiary alicyclic amines) is 1. The molecular weight excluding hydrogens is 406 g/mol. The Balaban J connectivity index is 1.27. The van der Waals surface area contributed by atoms with Crippen molar-refractivity contribution in [3.8, 4) is 0 Å². The summed E-state index contributed by atoms with van der Waals surface area (Å²) in [4.78, 5) is 45.2. The molecule has 0 radical (unpaired) electrons. The van der Waals surface area contributed by atoms with E-state index in [1.165, 1.54) is 12.8 Å². The molecule has 8 heteroatoms. The van der Waals surface area contributed by atoms with Crippen molar-refractivity contribution >= 4 is 23.4 Å². The maximum atomic E-state index is 13.3. The molecule has 1 spiro atoms. The average Bonchev–Trinajstić information content (AvgIpc) is 2.96. The Morgan fingerprint density at radius 2 is 1.91 bits per heavy atom. The van der Waals surface area contributed by atoms with Crippen LogP contribution in [0, 0.1) is 0 Å². The summed E-state index contributed by atoms with van der Waals surface area (Å²) in [5.41, 5.74) is 0.759. The molecule has 3 amide bonds. The number of carbonyl (C=O) groups is 3. The molecule has 32 heavy (non-hydrogen) atoms. The van der Waals surface area contributed by atoms with Crippen molar-refractivity contribution in [3.05, 3.63) is 29.8 Å². The molecule has 3 unspecified atom stereocenters. The molecule has 4 heterocycles. The molecule has 4 aliphatic rings. The van der Waals surface area contributed by atoms with Gasteiger partial charge in [-0.2, -0.15) is 0 Å². The minimum atomic E-state index is -0.660. The van der Waals surface area contributed by atoms with Crippen LogP contribution >= 0.6 is 0 Å². The second-order valence-electron chi connectivity index (χ2n) is 9.69. The number of hydrogen-bond acceptors (Lipinski definition) is 5. The number of benzene rings is 1. The highest BCUT2D eigenvalue weighted by atomic mass is 16.2. The zero-order valence-corrected chi connectivity index (χ0v) is 18.8. The van der Waals surface area contributed by atoms with Gasteiger partial charge in [-0.25, -0.2) is 0 Å². The highest BCUT2D eigenvalue weighted by molar-refractivity contribution is 6.02. The predicted octanol–water partition coefficient (Wildman–Crippen LogP) is 1.64. The van der Waals surface area contributed by atoms with Gasteiger partial charge in [-0.15, -0.1) is 0 Å². The number of nitrogens with one attached hydrogen (secondary N) is 2. The molecule has 3 atom stereocenters. The molecule has 0 aromatic heterocycles. The van der Waals surface area contributed by atoms with E-state index in [1.807, 2.05) is 30.0 Å². The van der Waals surface area contributed by atoms with E-state index in [4.69, 9.17) is 0 Å². The number of piperazine rings is 1. The normalized spacial score (nSPS) is 29.5. The standard InChI is InChI=1S/C24H33N5O3/c1-17(23(32)28-15-14-27-12-5-4-6-18(27)16-28)29-13-11-24(10-9-21(29)30)25-20-8-3-2-7-19(20)22(31)26-24/h2-3,7-8,17-18,25H,4-6,9-16H2,1H3,(H,26,31). The van der Waals surface area contributed by atoms with Crippen LogP contribution in [0.25, 0.3) is 0 Å². The van der Waals surface area contributed by atoms with Gasteiger partial charge in [0.05, 0.1) is 5.56 Å². The zero-order valence-electron chi connectivity index (χ0n) is 18.8. The number of carbonyl (C=O) groups excluding carboxylic acids is 3. The molecule has 1 aromatic carbocycles. The first-order chi connectivity index (χ1) is 15.5. The van der Waals surface area contributed by atoms with Crippen molar-refractivity contribution in [2.24, 2.45) is 0 Å². The maximum absolute atomic E-state index is 13.3. The maximum Gasteiger partial charge on any atom is 0.255 e. The molecule has 5 rings (SSSR count). The van der Waals surface area contributed by atoms with Gasteiger partial charge in [0, 0.05) is 50.7 Å². The van der Waals surface area contributed by atoms with E-state index in [0.29, 0.717) is 37.4 Å². The first kappa shape index (κ1) is 21.2. The molecule has 1 aromatic rings. The van der Waals surface area contributed by atoms with Crippen molar-refractivity contribution < 1.29 is 14.4 Å². The Bertz CT molecular complexity index is 921. The first-order valence-corrected chi connectivity index (χ1v) is 12.0. The minimum absolute atomic E-state index is 0.0195. The highest BCUT2D eigenvalue weighted by Gasteiger charge is 2.42. The summed E-state index contributed by atoms with van der Waals surface area (Å²) < 4.78 is 0. The first-order valence-electron chi connectivity index (χ1n) is 12.0. The Hall–Kier alpha value is -2.61. The lowest BCUT2D eigenvalue weighted by Crippen LogP contribution is -2.60. The van der Waals surface area contributed by atoms with Gasteiger partial charge in [-0.05, 0) is 44.9 Å². The zero-order chi connectivity index (χ0) is 22.3. The van der Waals surface area contributed by atoms with Crippen molar-refractivity contribution in [2.45, 2.75) is 63.2 Å². The van der Waals surface area contributed by atoms with E-state index in [1.54, 1.807) is 11.0 Å². The summed E-state index contributed by atoms with van der Waals surface area (Å²) in [5, 5.41) is 6.58. The molecule has 0 aliphatic carbocycles. The fourth-order valence-electron chi connectivity index (χ4n) is 5.80. The predicted molar refractivity (Wildman–Crippen MR) is 121 cm³/mol. The van der Waals surface area contributed by atoms with Crippen LogP contribution in [0.3, 0.4) is 0 Å². The molecule has 172 valence electrons. The van der Waals surface area contributed by atoms with Crippen molar-refractivity contribution in [1.29, 1.82) is 0 Å². The van der Waals surface area contributed by atoms with E-state index in [2.05, 4.69) is 15.5 Å². The van der Waals surface area contributed by atoms with Crippen LogP contribution in [0.15, 0.2) is 24.3 Å². The third-order valence-electron chi connectivity index (χ3n) is 7.74. The van der Waals surface area contributed by atoms with Gasteiger partial charge in [0.1, 0.15) is 11.7 Å². The molecule has 3 saturated heterocycles. The number of para-hydroxylation sites is 1. The topological polar surface area (TPSA) is 85.0 Å². The Morgan fingerprint density at radius 1 is 1.06 bits per heavy atom. The van der Waals surface area contributed by atoms with E-state index >= 15 is 0 Å². The van der Waals surface area contributed by atoms with Crippen LogP contribution in [0.1, 0.15) is 55.8 Å². The highest BCUT2D eigenvalue weighted by Crippen LogP contribution is 2.32. The van der Waals surface area contributed by atoms with E-state index in [9.17, 15) is 14.4 Å². The summed E-state index contributed by atoms with van der Waals surface area (Å²) in [5.74, 6) is -0.0887. The quantitative estimate of drug-likeness (QED) is 0.732. The number of anilines is 1. The van der Waals surface area contributed by atoms with Crippen molar-refractivity contribution in [1.82, 2.24) is 20.0 Å². The smallest absolute Gasteiger partial charge is 0.255 e. The monoisotopic (exact) mass is 439 g/mol. The summed E-state index contributed by atoms with van der Waals surface area (Å²) in [7, 11) is 0. The van der Waals surface area contributed by atoms with Crippen molar-refractivity contribution in [2.75, 3.05) is 38.0 Å². The molecule has 2 N–H and O–H groups in total. The second kappa shape index (κ2) is 8.39. The number of piperidine rings is 1. The van der Waals surface area contributed by atoms with Crippen LogP contribution in [0.5, 0.6) is 0 Å². The number of rotatable bonds is 2. The largest absolute Gasteiger partial charge is 0.362 e.